The van der Waals surface area contributed by atoms with Crippen LogP contribution in [0.15, 0.2) is 91.1 Å². The maximum absolute atomic E-state index is 12.1. The van der Waals surface area contributed by atoms with Crippen LogP contribution in [0.5, 0.6) is 0 Å². The van der Waals surface area contributed by atoms with Crippen LogP contribution < -0.4 is 0 Å². The molecule has 0 bridgehead atoms. The van der Waals surface area contributed by atoms with Gasteiger partial charge < -0.3 is 43.1 Å². The van der Waals surface area contributed by atoms with Crippen molar-refractivity contribution >= 4 is 36.2 Å². The molecule has 144 heavy (non-hydrogen) atoms. The van der Waals surface area contributed by atoms with Crippen molar-refractivity contribution in [1.29, 1.82) is 0 Å². The number of hydrogen-bond donors (Lipinski definition) is 0. The molecule has 2 saturated carbocycles. The number of hydrogen-bond acceptors (Lipinski definition) is 15. The molecule has 19 nitrogen and oxygen atoms in total. The molecule has 1 aromatic heterocycles. The number of amides is 3. The number of nitrogens with zero attached hydrogens (tertiary/aromatic N) is 7. The predicted molar refractivity (Wildman–Crippen MR) is 602 cm³/mol. The Kier molecular flexibility index (Phi) is 61.9. The number of carbonyl (C=O) groups is 6. The van der Waals surface area contributed by atoms with Crippen molar-refractivity contribution in [3.05, 3.63) is 125 Å². The Morgan fingerprint density at radius 3 is 1.07 bits per heavy atom. The van der Waals surface area contributed by atoms with Crippen molar-refractivity contribution in [1.82, 2.24) is 34.3 Å². The van der Waals surface area contributed by atoms with Crippen LogP contribution in [-0.2, 0) is 66.2 Å². The molecule has 11 rings (SSSR count). The van der Waals surface area contributed by atoms with Gasteiger partial charge in [0.15, 0.2) is 0 Å². The van der Waals surface area contributed by atoms with Crippen LogP contribution in [0, 0.1) is 94.7 Å². The fraction of sp³-hybridized carbons (Fsp3) is 0.784. The van der Waals surface area contributed by atoms with Crippen molar-refractivity contribution in [2.75, 3.05) is 66.0 Å². The minimum absolute atomic E-state index is 0.0187. The quantitative estimate of drug-likeness (QED) is 0.0426. The summed E-state index contributed by atoms with van der Waals surface area (Å²) >= 11 is 0. The third-order valence-electron chi connectivity index (χ3n) is 26.9. The number of aromatic nitrogens is 2. The molecule has 2 atom stereocenters. The lowest BCUT2D eigenvalue weighted by Crippen LogP contribution is -2.46. The molecule has 826 valence electrons. The van der Waals surface area contributed by atoms with Gasteiger partial charge >= 0.3 is 36.2 Å². The van der Waals surface area contributed by atoms with Crippen LogP contribution in [0.2, 0.25) is 0 Å². The van der Waals surface area contributed by atoms with Gasteiger partial charge in [-0.1, -0.05) is 224 Å². The highest BCUT2D eigenvalue weighted by atomic mass is 16.6. The van der Waals surface area contributed by atoms with Crippen molar-refractivity contribution in [2.24, 2.45) is 102 Å². The van der Waals surface area contributed by atoms with E-state index >= 15 is 0 Å². The zero-order valence-corrected chi connectivity index (χ0v) is 99.0. The monoisotopic (exact) mass is 2010 g/mol. The van der Waals surface area contributed by atoms with Crippen LogP contribution >= 0.6 is 0 Å². The highest BCUT2D eigenvalue weighted by Gasteiger charge is 2.34. The second kappa shape index (κ2) is 68.0. The fourth-order valence-electron chi connectivity index (χ4n) is 20.8. The first-order chi connectivity index (χ1) is 67.2. The molecule has 0 N–H and O–H groups in total. The van der Waals surface area contributed by atoms with Gasteiger partial charge in [0.2, 0.25) is 0 Å². The second-order valence-electron chi connectivity index (χ2n) is 52.2. The zero-order chi connectivity index (χ0) is 108. The molecule has 2 aliphatic carbocycles. The van der Waals surface area contributed by atoms with E-state index in [9.17, 15) is 28.8 Å². The summed E-state index contributed by atoms with van der Waals surface area (Å²) in [5, 5.41) is 4.27. The van der Waals surface area contributed by atoms with Crippen molar-refractivity contribution in [3.63, 3.8) is 0 Å². The number of esters is 3. The fourth-order valence-corrected chi connectivity index (χ4v) is 20.8. The van der Waals surface area contributed by atoms with Crippen LogP contribution in [-0.4, -0.2) is 171 Å². The SMILES string of the molecule is CC(C)CC1CCC(CC(=O)OC(C)(C)C)CC1.CC(C)CC1CCCCC1.CC(C)CC1CCCCN1C(=O)OC(C)(C)C.CC(C)CC1CCCN(C(=O)OC(C)(C)C)C1.CC(C)CC1CCN(C(=O)OC(C)(C)C)CC1.CC(C)CC1CCN(Cc2ccc(C(=O)OC(C)(C)C)cc2)CC1.CC(C)Cc1ccccc1.CC(C)Cc1ccn(C)n1.COC(=O)c1ccc(CN2CCC(CC(C)C)CC2)cc1. The van der Waals surface area contributed by atoms with Gasteiger partial charge in [-0.3, -0.25) is 19.3 Å². The molecule has 3 aromatic carbocycles. The molecular weight excluding hydrogens is 1790 g/mol. The summed E-state index contributed by atoms with van der Waals surface area (Å²) in [4.78, 5) is 81.8. The molecule has 4 aromatic rings. The molecule has 5 saturated heterocycles. The van der Waals surface area contributed by atoms with Crippen LogP contribution in [0.25, 0.3) is 0 Å². The Bertz CT molecular complexity index is 4040. The molecule has 7 aliphatic rings. The number of carbonyl (C=O) groups excluding carboxylic acids is 6. The zero-order valence-electron chi connectivity index (χ0n) is 99.0. The van der Waals surface area contributed by atoms with Crippen molar-refractivity contribution < 1.29 is 57.2 Å². The van der Waals surface area contributed by atoms with Gasteiger partial charge in [0.1, 0.15) is 28.0 Å². The summed E-state index contributed by atoms with van der Waals surface area (Å²) < 4.78 is 33.6. The largest absolute Gasteiger partial charge is 0.465 e. The van der Waals surface area contributed by atoms with E-state index in [1.165, 1.54) is 197 Å². The summed E-state index contributed by atoms with van der Waals surface area (Å²) in [6.07, 6.45) is 39.4. The first-order valence-corrected chi connectivity index (χ1v) is 57.3. The highest BCUT2D eigenvalue weighted by Crippen LogP contribution is 2.37. The lowest BCUT2D eigenvalue weighted by Gasteiger charge is -2.37. The van der Waals surface area contributed by atoms with Gasteiger partial charge in [0, 0.05) is 71.5 Å². The molecule has 3 amide bonds. The molecule has 0 spiro atoms. The Labute approximate surface area is 883 Å². The Morgan fingerprint density at radius 2 is 0.681 bits per heavy atom. The first kappa shape index (κ1) is 131. The average molecular weight is 2010 g/mol. The first-order valence-electron chi connectivity index (χ1n) is 57.3. The normalized spacial score (nSPS) is 18.8. The summed E-state index contributed by atoms with van der Waals surface area (Å²) in [5.41, 5.74) is 4.47. The van der Waals surface area contributed by atoms with E-state index in [-0.39, 0.29) is 53.0 Å². The number of aryl methyl sites for hydroxylation is 1. The van der Waals surface area contributed by atoms with Gasteiger partial charge in [-0.15, -0.1) is 0 Å². The number of benzene rings is 3. The van der Waals surface area contributed by atoms with E-state index in [4.69, 9.17) is 28.4 Å². The van der Waals surface area contributed by atoms with Crippen LogP contribution in [0.3, 0.4) is 0 Å². The van der Waals surface area contributed by atoms with E-state index in [0.29, 0.717) is 53.2 Å². The van der Waals surface area contributed by atoms with Gasteiger partial charge in [0.05, 0.1) is 23.9 Å². The minimum atomic E-state index is -0.448. The number of piperidine rings is 5. The predicted octanol–water partition coefficient (Wildman–Crippen LogP) is 32.5. The number of rotatable bonds is 26. The Hall–Kier alpha value is -6.99. The van der Waals surface area contributed by atoms with Gasteiger partial charge in [-0.25, -0.2) is 24.0 Å². The van der Waals surface area contributed by atoms with E-state index in [2.05, 4.69) is 188 Å². The number of ether oxygens (including phenoxy) is 6. The van der Waals surface area contributed by atoms with E-state index in [1.807, 2.05) is 173 Å². The third kappa shape index (κ3) is 64.4. The average Bonchev–Trinajstić information content (AvgIpc) is 1.41. The van der Waals surface area contributed by atoms with E-state index < -0.39 is 11.2 Å². The second-order valence-corrected chi connectivity index (χ2v) is 52.2. The van der Waals surface area contributed by atoms with Gasteiger partial charge in [-0.05, 0) is 413 Å². The summed E-state index contributed by atoms with van der Waals surface area (Å²) in [6, 6.07) is 28.7. The maximum Gasteiger partial charge on any atom is 0.410 e. The molecule has 19 heteroatoms. The summed E-state index contributed by atoms with van der Waals surface area (Å²) in [6.45, 7) is 80.6. The maximum atomic E-state index is 12.1. The lowest BCUT2D eigenvalue weighted by molar-refractivity contribution is -0.156. The highest BCUT2D eigenvalue weighted by molar-refractivity contribution is 5.90. The lowest BCUT2D eigenvalue weighted by atomic mass is 9.77. The summed E-state index contributed by atoms with van der Waals surface area (Å²) in [7, 11) is 3.36. The van der Waals surface area contributed by atoms with Crippen molar-refractivity contribution in [2.45, 2.75) is 468 Å². The van der Waals surface area contributed by atoms with Gasteiger partial charge in [-0.2, -0.15) is 5.10 Å². The smallest absolute Gasteiger partial charge is 0.410 e. The van der Waals surface area contributed by atoms with Crippen LogP contribution in [0.1, 0.15) is 451 Å². The Morgan fingerprint density at radius 1 is 0.319 bits per heavy atom. The third-order valence-corrected chi connectivity index (χ3v) is 26.9. The molecule has 6 heterocycles. The summed E-state index contributed by atoms with van der Waals surface area (Å²) in [5.74, 6) is 12.1. The Balaban J connectivity index is 0.000000422. The van der Waals surface area contributed by atoms with Crippen molar-refractivity contribution in [3.8, 4) is 0 Å². The van der Waals surface area contributed by atoms with Crippen LogP contribution in [0.4, 0.5) is 14.4 Å². The molecule has 0 radical (unpaired) electrons. The standard InChI is InChI=1S/C21H33NO2.C18H27NO2.C16H30O2.3C14H27NO2.C10H20.C10H14.C8H14N2/c1-16(2)14-17-10-12-22(13-11-17)15-18-6-8-19(9-7-18)20(23)24-21(3,4)5;1-14(2)12-15-8-10-19(11-9-15)13-16-4-6-17(7-5-16)18(20)21-3;1-12(2)10-13-6-8-14(9-7-13)11-15(17)18-16(3,4)5;1-11(2)10-12-6-8-15(9-7-12)13(16)17-14(3,4)5;1-11(2)9-12-7-6-8-15(10-12)13(16)17-14(3,4)5;1-11(2)10-12-8-6-7-9-15(12)13(16)17-14(3,4)5;2*1-9(2)8-10-6-4-3-5-7-10;1-7(2)6-8-4-5-10(3)9-8/h6-9,16-17H,10-15H2,1-5H3;4-7,14-15H,8-13H2,1-3H3;12-14H,6-11H2,1-5H3;3*11-12H,6-10H2,1-5H3;9-10H,3-8H2,1-2H3;3-7,9H,8H2,1-2H3;4-5,7H,6H2,1-3H3. The number of likely N-dealkylation sites (tertiary alicyclic amines) is 5. The number of methoxy groups -OCH3 is 1. The molecule has 5 aliphatic heterocycles. The molecule has 7 fully saturated rings. The van der Waals surface area contributed by atoms with E-state index in [0.717, 1.165) is 156 Å². The minimum Gasteiger partial charge on any atom is -0.465 e. The topological polar surface area (TPSA) is 192 Å². The van der Waals surface area contributed by atoms with Gasteiger partial charge in [0.25, 0.3) is 0 Å². The molecular formula is C125H219N7O12. The molecule has 2 unspecified atom stereocenters. The van der Waals surface area contributed by atoms with E-state index in [1.54, 1.807) is 0 Å².